The zero-order chi connectivity index (χ0) is 15.6. The number of amides is 1. The Bertz CT molecular complexity index is 692. The summed E-state index contributed by atoms with van der Waals surface area (Å²) in [6, 6.07) is 9.99. The summed E-state index contributed by atoms with van der Waals surface area (Å²) >= 11 is 1.25. The van der Waals surface area contributed by atoms with E-state index in [9.17, 15) is 9.59 Å². The van der Waals surface area contributed by atoms with Gasteiger partial charge in [0.2, 0.25) is 5.91 Å². The SMILES string of the molecule is O=C(O)c1csc(CNC(=O)C2(Cc3ccccc3)CC2)n1. The quantitative estimate of drug-likeness (QED) is 0.858. The van der Waals surface area contributed by atoms with Gasteiger partial charge < -0.3 is 10.4 Å². The lowest BCUT2D eigenvalue weighted by Crippen LogP contribution is -2.32. The summed E-state index contributed by atoms with van der Waals surface area (Å²) in [6.07, 6.45) is 2.54. The van der Waals surface area contributed by atoms with E-state index in [1.54, 1.807) is 0 Å². The van der Waals surface area contributed by atoms with Crippen LogP contribution in [-0.4, -0.2) is 22.0 Å². The van der Waals surface area contributed by atoms with Crippen molar-refractivity contribution < 1.29 is 14.7 Å². The smallest absolute Gasteiger partial charge is 0.355 e. The van der Waals surface area contributed by atoms with Gasteiger partial charge in [0.1, 0.15) is 5.01 Å². The second-order valence-corrected chi connectivity index (χ2v) is 6.50. The van der Waals surface area contributed by atoms with Gasteiger partial charge in [-0.25, -0.2) is 9.78 Å². The van der Waals surface area contributed by atoms with Gasteiger partial charge in [-0.1, -0.05) is 30.3 Å². The molecule has 0 spiro atoms. The van der Waals surface area contributed by atoms with E-state index in [1.165, 1.54) is 16.7 Å². The number of aromatic carboxylic acids is 1. The number of carbonyl (C=O) groups excluding carboxylic acids is 1. The minimum atomic E-state index is -1.04. The molecule has 22 heavy (non-hydrogen) atoms. The first-order valence-electron chi connectivity index (χ1n) is 7.09. The molecule has 5 nitrogen and oxygen atoms in total. The molecule has 1 heterocycles. The number of hydrogen-bond acceptors (Lipinski definition) is 4. The van der Waals surface area contributed by atoms with Crippen molar-refractivity contribution in [3.05, 3.63) is 52.0 Å². The highest BCUT2D eigenvalue weighted by atomic mass is 32.1. The lowest BCUT2D eigenvalue weighted by Gasteiger charge is -2.14. The van der Waals surface area contributed by atoms with Crippen molar-refractivity contribution in [3.63, 3.8) is 0 Å². The Labute approximate surface area is 132 Å². The van der Waals surface area contributed by atoms with E-state index in [1.807, 2.05) is 30.3 Å². The Hall–Kier alpha value is -2.21. The third-order valence-corrected chi connectivity index (χ3v) is 4.74. The van der Waals surface area contributed by atoms with Crippen molar-refractivity contribution >= 4 is 23.2 Å². The number of nitrogens with one attached hydrogen (secondary N) is 1. The molecule has 1 aromatic carbocycles. The van der Waals surface area contributed by atoms with Crippen molar-refractivity contribution in [2.24, 2.45) is 5.41 Å². The molecule has 0 bridgehead atoms. The third-order valence-electron chi connectivity index (χ3n) is 3.89. The molecule has 1 saturated carbocycles. The van der Waals surface area contributed by atoms with Crippen molar-refractivity contribution in [3.8, 4) is 0 Å². The molecule has 1 amide bonds. The molecule has 0 saturated heterocycles. The largest absolute Gasteiger partial charge is 0.476 e. The molecule has 3 rings (SSSR count). The standard InChI is InChI=1S/C16H16N2O3S/c19-14(20)12-10-22-13(18-12)9-17-15(21)16(6-7-16)8-11-4-2-1-3-5-11/h1-5,10H,6-9H2,(H,17,21)(H,19,20). The predicted octanol–water partition coefficient (Wildman–Crippen LogP) is 2.48. The highest BCUT2D eigenvalue weighted by Gasteiger charge is 2.49. The fraction of sp³-hybridized carbons (Fsp3) is 0.312. The molecule has 1 aromatic heterocycles. The van der Waals surface area contributed by atoms with E-state index in [0.717, 1.165) is 24.8 Å². The fourth-order valence-electron chi connectivity index (χ4n) is 2.46. The Morgan fingerprint density at radius 1 is 1.27 bits per heavy atom. The Kier molecular flexibility index (Phi) is 3.94. The van der Waals surface area contributed by atoms with Crippen LogP contribution in [0.4, 0.5) is 0 Å². The monoisotopic (exact) mass is 316 g/mol. The second kappa shape index (κ2) is 5.88. The van der Waals surface area contributed by atoms with Gasteiger partial charge in [-0.2, -0.15) is 0 Å². The lowest BCUT2D eigenvalue weighted by atomic mass is 9.95. The first kappa shape index (κ1) is 14.7. The van der Waals surface area contributed by atoms with Crippen LogP contribution in [0.15, 0.2) is 35.7 Å². The van der Waals surface area contributed by atoms with Gasteiger partial charge in [-0.3, -0.25) is 4.79 Å². The molecule has 2 aromatic rings. The number of hydrogen-bond donors (Lipinski definition) is 2. The van der Waals surface area contributed by atoms with Crippen LogP contribution in [0.2, 0.25) is 0 Å². The topological polar surface area (TPSA) is 79.3 Å². The van der Waals surface area contributed by atoms with E-state index < -0.39 is 5.97 Å². The van der Waals surface area contributed by atoms with Crippen LogP contribution in [0.1, 0.15) is 33.9 Å². The number of carbonyl (C=O) groups is 2. The van der Waals surface area contributed by atoms with Crippen molar-refractivity contribution in [1.82, 2.24) is 10.3 Å². The van der Waals surface area contributed by atoms with Crippen molar-refractivity contribution in [2.75, 3.05) is 0 Å². The van der Waals surface area contributed by atoms with Crippen LogP contribution in [0.25, 0.3) is 0 Å². The molecule has 1 aliphatic carbocycles. The summed E-state index contributed by atoms with van der Waals surface area (Å²) in [5, 5.41) is 13.8. The van der Waals surface area contributed by atoms with Crippen molar-refractivity contribution in [2.45, 2.75) is 25.8 Å². The molecular formula is C16H16N2O3S. The number of thiazole rings is 1. The van der Waals surface area contributed by atoms with Crippen LogP contribution in [-0.2, 0) is 17.8 Å². The number of rotatable bonds is 6. The van der Waals surface area contributed by atoms with Crippen molar-refractivity contribution in [1.29, 1.82) is 0 Å². The van der Waals surface area contributed by atoms with Crippen LogP contribution in [0.5, 0.6) is 0 Å². The summed E-state index contributed by atoms with van der Waals surface area (Å²) in [6.45, 7) is 0.285. The minimum absolute atomic E-state index is 0.0275. The Balaban J connectivity index is 1.58. The fourth-order valence-corrected chi connectivity index (χ4v) is 3.16. The highest BCUT2D eigenvalue weighted by Crippen LogP contribution is 2.48. The second-order valence-electron chi connectivity index (χ2n) is 5.56. The maximum absolute atomic E-state index is 12.4. The molecule has 0 unspecified atom stereocenters. The number of aromatic nitrogens is 1. The van der Waals surface area contributed by atoms with E-state index in [-0.39, 0.29) is 23.6 Å². The summed E-state index contributed by atoms with van der Waals surface area (Å²) < 4.78 is 0. The molecule has 2 N–H and O–H groups in total. The van der Waals surface area contributed by atoms with Crippen LogP contribution < -0.4 is 5.32 Å². The highest BCUT2D eigenvalue weighted by molar-refractivity contribution is 7.09. The van der Waals surface area contributed by atoms with Gasteiger partial charge in [0.25, 0.3) is 0 Å². The summed E-state index contributed by atoms with van der Waals surface area (Å²) in [4.78, 5) is 27.1. The average molecular weight is 316 g/mol. The maximum atomic E-state index is 12.4. The van der Waals surface area contributed by atoms with E-state index in [4.69, 9.17) is 5.11 Å². The summed E-state index contributed by atoms with van der Waals surface area (Å²) in [7, 11) is 0. The van der Waals surface area contributed by atoms with Crippen LogP contribution >= 0.6 is 11.3 Å². The molecule has 0 atom stereocenters. The van der Waals surface area contributed by atoms with E-state index >= 15 is 0 Å². The average Bonchev–Trinajstić information content (AvgIpc) is 3.13. The molecule has 6 heteroatoms. The van der Waals surface area contributed by atoms with Crippen LogP contribution in [0, 0.1) is 5.41 Å². The molecular weight excluding hydrogens is 300 g/mol. The Morgan fingerprint density at radius 3 is 2.59 bits per heavy atom. The third kappa shape index (κ3) is 3.17. The minimum Gasteiger partial charge on any atom is -0.476 e. The maximum Gasteiger partial charge on any atom is 0.355 e. The number of benzene rings is 1. The van der Waals surface area contributed by atoms with Gasteiger partial charge in [0.15, 0.2) is 5.69 Å². The normalized spacial score (nSPS) is 15.3. The van der Waals surface area contributed by atoms with Gasteiger partial charge in [0, 0.05) is 5.38 Å². The number of carboxylic acid groups (broad SMARTS) is 1. The molecule has 1 aliphatic rings. The molecule has 0 radical (unpaired) electrons. The van der Waals surface area contributed by atoms with Gasteiger partial charge >= 0.3 is 5.97 Å². The van der Waals surface area contributed by atoms with E-state index in [2.05, 4.69) is 10.3 Å². The zero-order valence-corrected chi connectivity index (χ0v) is 12.7. The van der Waals surface area contributed by atoms with Gasteiger partial charge in [-0.05, 0) is 24.8 Å². The van der Waals surface area contributed by atoms with Gasteiger partial charge in [-0.15, -0.1) is 11.3 Å². The molecule has 114 valence electrons. The zero-order valence-electron chi connectivity index (χ0n) is 11.9. The first-order valence-corrected chi connectivity index (χ1v) is 7.97. The Morgan fingerprint density at radius 2 is 2.00 bits per heavy atom. The molecule has 1 fully saturated rings. The van der Waals surface area contributed by atoms with E-state index in [0.29, 0.717) is 5.01 Å². The predicted molar refractivity (Wildman–Crippen MR) is 82.7 cm³/mol. The van der Waals surface area contributed by atoms with Gasteiger partial charge in [0.05, 0.1) is 12.0 Å². The summed E-state index contributed by atoms with van der Waals surface area (Å²) in [5.41, 5.74) is 0.895. The summed E-state index contributed by atoms with van der Waals surface area (Å²) in [5.74, 6) is -1.01. The lowest BCUT2D eigenvalue weighted by molar-refractivity contribution is -0.126. The number of nitrogens with zero attached hydrogens (tertiary/aromatic N) is 1. The molecule has 0 aliphatic heterocycles. The van der Waals surface area contributed by atoms with Crippen LogP contribution in [0.3, 0.4) is 0 Å². The first-order chi connectivity index (χ1) is 10.6. The number of carboxylic acids is 1.